The number of rotatable bonds is 8. The van der Waals surface area contributed by atoms with Crippen LogP contribution in [0.1, 0.15) is 39.5 Å². The van der Waals surface area contributed by atoms with E-state index in [1.807, 2.05) is 0 Å². The Labute approximate surface area is 89.1 Å². The minimum Gasteiger partial charge on any atom is -0.318 e. The maximum atomic E-state index is 3.32. The molecule has 1 fully saturated rings. The monoisotopic (exact) mass is 198 g/mol. The Bertz CT molecular complexity index is 137. The smallest absolute Gasteiger partial charge is 0.0220 e. The summed E-state index contributed by atoms with van der Waals surface area (Å²) in [7, 11) is 2.06. The predicted molar refractivity (Wildman–Crippen MR) is 62.6 cm³/mol. The van der Waals surface area contributed by atoms with Crippen molar-refractivity contribution in [3.63, 3.8) is 0 Å². The van der Waals surface area contributed by atoms with Crippen LogP contribution in [-0.2, 0) is 0 Å². The van der Waals surface area contributed by atoms with Crippen LogP contribution in [0.3, 0.4) is 0 Å². The lowest BCUT2D eigenvalue weighted by Gasteiger charge is -2.30. The van der Waals surface area contributed by atoms with Crippen molar-refractivity contribution in [1.29, 1.82) is 0 Å². The molecule has 84 valence electrons. The quantitative estimate of drug-likeness (QED) is 0.642. The van der Waals surface area contributed by atoms with E-state index < -0.39 is 0 Å². The molecule has 1 aliphatic rings. The average molecular weight is 198 g/mol. The van der Waals surface area contributed by atoms with E-state index in [4.69, 9.17) is 0 Å². The minimum absolute atomic E-state index is 0.760. The minimum atomic E-state index is 0.760. The highest BCUT2D eigenvalue weighted by atomic mass is 15.2. The van der Waals surface area contributed by atoms with Gasteiger partial charge in [0.15, 0.2) is 0 Å². The van der Waals surface area contributed by atoms with Gasteiger partial charge < -0.3 is 5.32 Å². The van der Waals surface area contributed by atoms with Crippen LogP contribution in [0.15, 0.2) is 0 Å². The first-order valence-electron chi connectivity index (χ1n) is 6.20. The van der Waals surface area contributed by atoms with Crippen LogP contribution in [0.2, 0.25) is 0 Å². The Hall–Kier alpha value is -0.0800. The van der Waals surface area contributed by atoms with Crippen molar-refractivity contribution in [3.8, 4) is 0 Å². The summed E-state index contributed by atoms with van der Waals surface area (Å²) in [5.41, 5.74) is 0. The molecule has 2 heteroatoms. The summed E-state index contributed by atoms with van der Waals surface area (Å²) < 4.78 is 0. The standard InChI is InChI=1S/C12H26N2/c1-4-6-12(9-13-3)14(5-2)10-11-7-8-11/h11-13H,4-10H2,1-3H3. The van der Waals surface area contributed by atoms with Gasteiger partial charge in [-0.3, -0.25) is 4.90 Å². The van der Waals surface area contributed by atoms with Gasteiger partial charge in [0.25, 0.3) is 0 Å². The zero-order valence-electron chi connectivity index (χ0n) is 10.1. The Morgan fingerprint density at radius 3 is 2.50 bits per heavy atom. The number of nitrogens with zero attached hydrogens (tertiary/aromatic N) is 1. The first-order chi connectivity index (χ1) is 6.81. The van der Waals surface area contributed by atoms with E-state index in [9.17, 15) is 0 Å². The molecule has 0 aromatic carbocycles. The van der Waals surface area contributed by atoms with Gasteiger partial charge in [-0.1, -0.05) is 20.3 Å². The summed E-state index contributed by atoms with van der Waals surface area (Å²) >= 11 is 0. The van der Waals surface area contributed by atoms with E-state index in [2.05, 4.69) is 31.1 Å². The number of nitrogens with one attached hydrogen (secondary N) is 1. The van der Waals surface area contributed by atoms with E-state index in [0.717, 1.165) is 18.5 Å². The van der Waals surface area contributed by atoms with Crippen LogP contribution in [0, 0.1) is 5.92 Å². The topological polar surface area (TPSA) is 15.3 Å². The second-order valence-electron chi connectivity index (χ2n) is 4.53. The van der Waals surface area contributed by atoms with Gasteiger partial charge in [-0.15, -0.1) is 0 Å². The molecule has 0 amide bonds. The average Bonchev–Trinajstić information content (AvgIpc) is 2.98. The molecule has 14 heavy (non-hydrogen) atoms. The summed E-state index contributed by atoms with van der Waals surface area (Å²) in [5, 5.41) is 3.32. The van der Waals surface area contributed by atoms with Gasteiger partial charge in [-0.25, -0.2) is 0 Å². The van der Waals surface area contributed by atoms with Crippen LogP contribution in [0.25, 0.3) is 0 Å². The van der Waals surface area contributed by atoms with Crippen molar-refractivity contribution in [2.75, 3.05) is 26.7 Å². The van der Waals surface area contributed by atoms with E-state index in [1.165, 1.54) is 38.8 Å². The highest BCUT2D eigenvalue weighted by Crippen LogP contribution is 2.30. The fourth-order valence-corrected chi connectivity index (χ4v) is 2.15. The van der Waals surface area contributed by atoms with Crippen molar-refractivity contribution in [2.24, 2.45) is 5.92 Å². The molecule has 0 bridgehead atoms. The molecule has 0 aromatic heterocycles. The van der Waals surface area contributed by atoms with E-state index >= 15 is 0 Å². The van der Waals surface area contributed by atoms with E-state index in [1.54, 1.807) is 0 Å². The maximum absolute atomic E-state index is 3.32. The molecule has 1 aliphatic carbocycles. The van der Waals surface area contributed by atoms with Gasteiger partial charge in [0.05, 0.1) is 0 Å². The SMILES string of the molecule is CCCC(CNC)N(CC)CC1CC1. The fraction of sp³-hybridized carbons (Fsp3) is 1.00. The predicted octanol–water partition coefficient (Wildman–Crippen LogP) is 2.11. The van der Waals surface area contributed by atoms with Gasteiger partial charge in [0.2, 0.25) is 0 Å². The van der Waals surface area contributed by atoms with Crippen LogP contribution < -0.4 is 5.32 Å². The van der Waals surface area contributed by atoms with Crippen LogP contribution in [0.4, 0.5) is 0 Å². The molecule has 1 saturated carbocycles. The Morgan fingerprint density at radius 1 is 1.36 bits per heavy atom. The number of hydrogen-bond acceptors (Lipinski definition) is 2. The molecular weight excluding hydrogens is 172 g/mol. The molecule has 0 aliphatic heterocycles. The van der Waals surface area contributed by atoms with E-state index in [-0.39, 0.29) is 0 Å². The molecule has 1 atom stereocenters. The molecule has 0 saturated heterocycles. The molecule has 0 radical (unpaired) electrons. The number of likely N-dealkylation sites (N-methyl/N-ethyl adjacent to an activating group) is 2. The molecule has 1 rings (SSSR count). The third-order valence-corrected chi connectivity index (χ3v) is 3.17. The van der Waals surface area contributed by atoms with Crippen LogP contribution in [0.5, 0.6) is 0 Å². The largest absolute Gasteiger partial charge is 0.318 e. The lowest BCUT2D eigenvalue weighted by atomic mass is 10.1. The van der Waals surface area contributed by atoms with Crippen molar-refractivity contribution < 1.29 is 0 Å². The zero-order valence-corrected chi connectivity index (χ0v) is 10.1. The lowest BCUT2D eigenvalue weighted by Crippen LogP contribution is -2.42. The van der Waals surface area contributed by atoms with Gasteiger partial charge >= 0.3 is 0 Å². The summed E-state index contributed by atoms with van der Waals surface area (Å²) in [4.78, 5) is 2.66. The molecule has 0 aromatic rings. The highest BCUT2D eigenvalue weighted by Gasteiger charge is 2.26. The van der Waals surface area contributed by atoms with Crippen LogP contribution in [-0.4, -0.2) is 37.6 Å². The van der Waals surface area contributed by atoms with Crippen molar-refractivity contribution in [3.05, 3.63) is 0 Å². The fourth-order valence-electron chi connectivity index (χ4n) is 2.15. The highest BCUT2D eigenvalue weighted by molar-refractivity contribution is 4.81. The van der Waals surface area contributed by atoms with Crippen molar-refractivity contribution in [2.45, 2.75) is 45.6 Å². The third kappa shape index (κ3) is 3.97. The van der Waals surface area contributed by atoms with Crippen molar-refractivity contribution >= 4 is 0 Å². The summed E-state index contributed by atoms with van der Waals surface area (Å²) in [6.07, 6.45) is 5.57. The third-order valence-electron chi connectivity index (χ3n) is 3.17. The maximum Gasteiger partial charge on any atom is 0.0220 e. The van der Waals surface area contributed by atoms with Crippen molar-refractivity contribution in [1.82, 2.24) is 10.2 Å². The first-order valence-corrected chi connectivity index (χ1v) is 6.20. The second-order valence-corrected chi connectivity index (χ2v) is 4.53. The van der Waals surface area contributed by atoms with Gasteiger partial charge in [0, 0.05) is 19.1 Å². The molecule has 1 N–H and O–H groups in total. The van der Waals surface area contributed by atoms with Gasteiger partial charge in [0.1, 0.15) is 0 Å². The summed E-state index contributed by atoms with van der Waals surface area (Å²) in [6, 6.07) is 0.760. The summed E-state index contributed by atoms with van der Waals surface area (Å²) in [6.45, 7) is 8.27. The molecule has 0 heterocycles. The van der Waals surface area contributed by atoms with Crippen LogP contribution >= 0.6 is 0 Å². The van der Waals surface area contributed by atoms with E-state index in [0.29, 0.717) is 0 Å². The van der Waals surface area contributed by atoms with Gasteiger partial charge in [-0.05, 0) is 38.8 Å². The zero-order chi connectivity index (χ0) is 10.4. The lowest BCUT2D eigenvalue weighted by molar-refractivity contribution is 0.185. The summed E-state index contributed by atoms with van der Waals surface area (Å²) in [5.74, 6) is 1.02. The molecule has 2 nitrogen and oxygen atoms in total. The molecule has 1 unspecified atom stereocenters. The Morgan fingerprint density at radius 2 is 2.07 bits per heavy atom. The Kier molecular flexibility index (Phi) is 5.49. The normalized spacial score (nSPS) is 18.9. The Balaban J connectivity index is 2.33. The second kappa shape index (κ2) is 6.41. The number of hydrogen-bond donors (Lipinski definition) is 1. The first kappa shape index (κ1) is 12.0. The van der Waals surface area contributed by atoms with Gasteiger partial charge in [-0.2, -0.15) is 0 Å². The molecule has 0 spiro atoms. The molecular formula is C12H26N2.